The standard InChI is InChI=1S/C22H22N3OPS/c23-15-14-21(22-13-7-18-28-22)27(26)24(19-9-3-1-4-10-19)16-8-17-25(27)20-11-5-2-6-12-20/h1-7,9-13,18,21H,8,14,16-17H2. The van der Waals surface area contributed by atoms with Gasteiger partial charge in [-0.15, -0.1) is 11.3 Å². The molecule has 1 unspecified atom stereocenters. The van der Waals surface area contributed by atoms with E-state index in [4.69, 9.17) is 0 Å². The van der Waals surface area contributed by atoms with Gasteiger partial charge in [0.25, 0.3) is 7.44 Å². The van der Waals surface area contributed by atoms with Crippen molar-refractivity contribution in [1.82, 2.24) is 0 Å². The lowest BCUT2D eigenvalue weighted by molar-refractivity contribution is 0.547. The van der Waals surface area contributed by atoms with Crippen LogP contribution < -0.4 is 9.34 Å². The van der Waals surface area contributed by atoms with E-state index in [1.165, 1.54) is 0 Å². The third-order valence-electron chi connectivity index (χ3n) is 5.10. The summed E-state index contributed by atoms with van der Waals surface area (Å²) in [4.78, 5) is 1.01. The minimum Gasteiger partial charge on any atom is -0.306 e. The fourth-order valence-electron chi connectivity index (χ4n) is 3.87. The first-order chi connectivity index (χ1) is 13.7. The molecule has 1 aliphatic rings. The number of nitrogens with zero attached hydrogens (tertiary/aromatic N) is 3. The van der Waals surface area contributed by atoms with Crippen molar-refractivity contribution >= 4 is 30.2 Å². The van der Waals surface area contributed by atoms with Crippen molar-refractivity contribution in [3.05, 3.63) is 83.1 Å². The molecule has 0 spiro atoms. The molecular weight excluding hydrogens is 385 g/mol. The van der Waals surface area contributed by atoms with Crippen LogP contribution in [0.15, 0.2) is 78.2 Å². The van der Waals surface area contributed by atoms with Gasteiger partial charge in [0.05, 0.1) is 18.1 Å². The van der Waals surface area contributed by atoms with E-state index in [0.29, 0.717) is 0 Å². The van der Waals surface area contributed by atoms with Gasteiger partial charge < -0.3 is 9.34 Å². The summed E-state index contributed by atoms with van der Waals surface area (Å²) in [6.07, 6.45) is 1.14. The summed E-state index contributed by atoms with van der Waals surface area (Å²) in [6.45, 7) is 1.44. The highest BCUT2D eigenvalue weighted by Gasteiger charge is 2.48. The van der Waals surface area contributed by atoms with Crippen molar-refractivity contribution in [2.24, 2.45) is 0 Å². The summed E-state index contributed by atoms with van der Waals surface area (Å²) in [5.74, 6) is 0. The molecule has 0 saturated carbocycles. The molecule has 4 rings (SSSR count). The average Bonchev–Trinajstić information content (AvgIpc) is 3.27. The highest BCUT2D eigenvalue weighted by atomic mass is 32.1. The molecule has 0 N–H and O–H groups in total. The van der Waals surface area contributed by atoms with Crippen LogP contribution in [0.5, 0.6) is 0 Å². The van der Waals surface area contributed by atoms with E-state index in [0.717, 1.165) is 35.8 Å². The van der Waals surface area contributed by atoms with E-state index in [-0.39, 0.29) is 12.1 Å². The maximum absolute atomic E-state index is 15.0. The Hall–Kier alpha value is -2.54. The zero-order valence-corrected chi connectivity index (χ0v) is 17.2. The van der Waals surface area contributed by atoms with Crippen LogP contribution in [-0.4, -0.2) is 13.1 Å². The largest absolute Gasteiger partial charge is 0.306 e. The van der Waals surface area contributed by atoms with Crippen LogP contribution in [0.4, 0.5) is 11.4 Å². The van der Waals surface area contributed by atoms with Crippen LogP contribution in [-0.2, 0) is 4.57 Å². The number of anilines is 2. The normalized spacial score (nSPS) is 17.1. The van der Waals surface area contributed by atoms with Crippen LogP contribution in [0.3, 0.4) is 0 Å². The third-order valence-corrected chi connectivity index (χ3v) is 9.78. The lowest BCUT2D eigenvalue weighted by Gasteiger charge is -2.48. The molecule has 0 amide bonds. The second-order valence-corrected chi connectivity index (χ2v) is 10.5. The van der Waals surface area contributed by atoms with Crippen molar-refractivity contribution in [2.45, 2.75) is 18.5 Å². The summed E-state index contributed by atoms with van der Waals surface area (Å²) in [6, 6.07) is 26.2. The summed E-state index contributed by atoms with van der Waals surface area (Å²) in [5.41, 5.74) is 1.55. The Morgan fingerprint density at radius 2 is 1.50 bits per heavy atom. The van der Waals surface area contributed by atoms with Crippen molar-refractivity contribution in [3.63, 3.8) is 0 Å². The Morgan fingerprint density at radius 1 is 0.929 bits per heavy atom. The SMILES string of the molecule is N#CCC(c1cccs1)P1(=O)N(c2ccccc2)CCCN1c1ccccc1. The Labute approximate surface area is 170 Å². The second-order valence-electron chi connectivity index (χ2n) is 6.75. The minimum absolute atomic E-state index is 0.227. The first kappa shape index (κ1) is 18.8. The smallest absolute Gasteiger partial charge is 0.272 e. The number of thiophene rings is 1. The predicted octanol–water partition coefficient (Wildman–Crippen LogP) is 6.31. The highest BCUT2D eigenvalue weighted by molar-refractivity contribution is 7.67. The molecule has 2 aromatic carbocycles. The van der Waals surface area contributed by atoms with Gasteiger partial charge in [-0.2, -0.15) is 5.26 Å². The molecule has 1 atom stereocenters. The zero-order valence-electron chi connectivity index (χ0n) is 15.5. The Balaban J connectivity index is 1.89. The Morgan fingerprint density at radius 3 is 1.96 bits per heavy atom. The summed E-state index contributed by atoms with van der Waals surface area (Å²) < 4.78 is 19.1. The minimum atomic E-state index is -3.14. The first-order valence-corrected chi connectivity index (χ1v) is 12.0. The molecular formula is C22H22N3OPS. The monoisotopic (exact) mass is 407 g/mol. The van der Waals surface area contributed by atoms with Gasteiger partial charge in [0, 0.05) is 29.3 Å². The van der Waals surface area contributed by atoms with Gasteiger partial charge >= 0.3 is 0 Å². The first-order valence-electron chi connectivity index (χ1n) is 9.41. The predicted molar refractivity (Wildman–Crippen MR) is 117 cm³/mol. The van der Waals surface area contributed by atoms with E-state index < -0.39 is 7.44 Å². The maximum atomic E-state index is 15.0. The number of hydrogen-bond acceptors (Lipinski definition) is 3. The van der Waals surface area contributed by atoms with Crippen molar-refractivity contribution in [2.75, 3.05) is 22.4 Å². The molecule has 0 bridgehead atoms. The summed E-state index contributed by atoms with van der Waals surface area (Å²) in [5, 5.41) is 11.6. The molecule has 1 aliphatic heterocycles. The van der Waals surface area contributed by atoms with Crippen LogP contribution in [0, 0.1) is 11.3 Å². The Kier molecular flexibility index (Phi) is 5.52. The molecule has 3 aromatic rings. The molecule has 0 aliphatic carbocycles. The lowest BCUT2D eigenvalue weighted by Crippen LogP contribution is -2.41. The van der Waals surface area contributed by atoms with Crippen LogP contribution >= 0.6 is 18.8 Å². The fourth-order valence-corrected chi connectivity index (χ4v) is 8.63. The molecule has 4 nitrogen and oxygen atoms in total. The van der Waals surface area contributed by atoms with Gasteiger partial charge in [-0.3, -0.25) is 4.57 Å². The van der Waals surface area contributed by atoms with Gasteiger partial charge in [-0.25, -0.2) is 0 Å². The van der Waals surface area contributed by atoms with Crippen molar-refractivity contribution < 1.29 is 4.57 Å². The van der Waals surface area contributed by atoms with Crippen LogP contribution in [0.2, 0.25) is 0 Å². The van der Waals surface area contributed by atoms with Crippen molar-refractivity contribution in [1.29, 1.82) is 5.26 Å². The van der Waals surface area contributed by atoms with E-state index >= 15 is 0 Å². The third kappa shape index (κ3) is 3.35. The molecule has 6 heteroatoms. The average molecular weight is 407 g/mol. The Bertz CT molecular complexity index is 934. The molecule has 28 heavy (non-hydrogen) atoms. The van der Waals surface area contributed by atoms with E-state index in [1.807, 2.05) is 78.2 Å². The molecule has 142 valence electrons. The number of rotatable bonds is 5. The maximum Gasteiger partial charge on any atom is 0.272 e. The molecule has 1 saturated heterocycles. The second kappa shape index (κ2) is 8.22. The van der Waals surface area contributed by atoms with Gasteiger partial charge in [0.2, 0.25) is 0 Å². The number of para-hydroxylation sites is 2. The summed E-state index contributed by atoms with van der Waals surface area (Å²) in [7, 11) is -3.14. The molecule has 0 radical (unpaired) electrons. The fraction of sp³-hybridized carbons (Fsp3) is 0.227. The van der Waals surface area contributed by atoms with Gasteiger partial charge in [-0.1, -0.05) is 42.5 Å². The molecule has 1 aromatic heterocycles. The quantitative estimate of drug-likeness (QED) is 0.465. The topological polar surface area (TPSA) is 47.3 Å². The number of benzene rings is 2. The number of nitriles is 1. The lowest BCUT2D eigenvalue weighted by atomic mass is 10.3. The highest BCUT2D eigenvalue weighted by Crippen LogP contribution is 2.69. The van der Waals surface area contributed by atoms with E-state index in [9.17, 15) is 9.83 Å². The van der Waals surface area contributed by atoms with Crippen molar-refractivity contribution in [3.8, 4) is 6.07 Å². The summed E-state index contributed by atoms with van der Waals surface area (Å²) >= 11 is 1.58. The zero-order chi connectivity index (χ0) is 19.4. The van der Waals surface area contributed by atoms with Crippen LogP contribution in [0.1, 0.15) is 23.4 Å². The van der Waals surface area contributed by atoms with Crippen LogP contribution in [0.25, 0.3) is 0 Å². The van der Waals surface area contributed by atoms with Gasteiger partial charge in [0.15, 0.2) is 0 Å². The van der Waals surface area contributed by atoms with E-state index in [2.05, 4.69) is 15.4 Å². The van der Waals surface area contributed by atoms with Gasteiger partial charge in [-0.05, 0) is 42.1 Å². The van der Waals surface area contributed by atoms with Gasteiger partial charge in [0.1, 0.15) is 0 Å². The molecule has 1 fully saturated rings. The molecule has 2 heterocycles. The van der Waals surface area contributed by atoms with E-state index in [1.54, 1.807) is 11.3 Å². The number of hydrogen-bond donors (Lipinski definition) is 0.